The van der Waals surface area contributed by atoms with Gasteiger partial charge in [0, 0.05) is 23.4 Å². The monoisotopic (exact) mass is 425 g/mol. The SMILES string of the molecule is CC(C)C(Cc1ccc(F)c([C@]2(C)COCC(N)=N2)c1)c1ccc(Cl)cn1.Cl. The molecule has 2 aromatic rings. The summed E-state index contributed by atoms with van der Waals surface area (Å²) in [5.74, 6) is 0.659. The van der Waals surface area contributed by atoms with Crippen molar-refractivity contribution >= 4 is 29.8 Å². The summed E-state index contributed by atoms with van der Waals surface area (Å²) in [6.07, 6.45) is 2.41. The molecule has 0 bridgehead atoms. The topological polar surface area (TPSA) is 60.5 Å². The van der Waals surface area contributed by atoms with Crippen LogP contribution in [0.5, 0.6) is 0 Å². The standard InChI is InChI=1S/C21H25ClFN3O.ClH/c1-13(2)16(19-7-5-15(22)10-25-19)8-14-4-6-18(23)17(9-14)21(3)12-27-11-20(24)26-21;/h4-7,9-10,13,16H,8,11-12H2,1-3H3,(H2,24,26);1H/t16?,21-;/m0./s1. The Labute approximate surface area is 176 Å². The van der Waals surface area contributed by atoms with Gasteiger partial charge in [-0.2, -0.15) is 0 Å². The van der Waals surface area contributed by atoms with E-state index in [9.17, 15) is 4.39 Å². The molecule has 7 heteroatoms. The van der Waals surface area contributed by atoms with Crippen LogP contribution in [0.3, 0.4) is 0 Å². The van der Waals surface area contributed by atoms with Crippen molar-refractivity contribution in [1.82, 2.24) is 4.98 Å². The molecule has 4 nitrogen and oxygen atoms in total. The first-order valence-corrected chi connectivity index (χ1v) is 9.48. The van der Waals surface area contributed by atoms with Gasteiger partial charge < -0.3 is 10.5 Å². The molecular weight excluding hydrogens is 400 g/mol. The van der Waals surface area contributed by atoms with E-state index in [4.69, 9.17) is 22.1 Å². The number of halogens is 3. The van der Waals surface area contributed by atoms with Crippen molar-refractivity contribution < 1.29 is 9.13 Å². The van der Waals surface area contributed by atoms with Crippen LogP contribution in [0.4, 0.5) is 4.39 Å². The van der Waals surface area contributed by atoms with E-state index in [0.29, 0.717) is 28.9 Å². The molecule has 1 aromatic carbocycles. The molecule has 0 amide bonds. The Kier molecular flexibility index (Phi) is 7.43. The molecule has 28 heavy (non-hydrogen) atoms. The summed E-state index contributed by atoms with van der Waals surface area (Å²) in [4.78, 5) is 8.96. The second kappa shape index (κ2) is 9.21. The summed E-state index contributed by atoms with van der Waals surface area (Å²) in [5, 5.41) is 0.617. The third-order valence-electron chi connectivity index (χ3n) is 5.02. The molecule has 152 valence electrons. The van der Waals surface area contributed by atoms with Crippen LogP contribution in [-0.4, -0.2) is 24.0 Å². The highest BCUT2D eigenvalue weighted by Crippen LogP contribution is 2.33. The molecule has 2 N–H and O–H groups in total. The van der Waals surface area contributed by atoms with Gasteiger partial charge >= 0.3 is 0 Å². The maximum atomic E-state index is 14.6. The Morgan fingerprint density at radius 1 is 1.29 bits per heavy atom. The smallest absolute Gasteiger partial charge is 0.128 e. The molecule has 3 rings (SSSR count). The Balaban J connectivity index is 0.00000280. The van der Waals surface area contributed by atoms with E-state index in [1.807, 2.05) is 31.2 Å². The summed E-state index contributed by atoms with van der Waals surface area (Å²) in [6.45, 7) is 6.76. The second-order valence-electron chi connectivity index (χ2n) is 7.64. The van der Waals surface area contributed by atoms with Gasteiger partial charge in [-0.25, -0.2) is 4.39 Å². The third-order valence-corrected chi connectivity index (χ3v) is 5.25. The fraction of sp³-hybridized carbons (Fsp3) is 0.429. The minimum Gasteiger partial charge on any atom is -0.386 e. The second-order valence-corrected chi connectivity index (χ2v) is 8.08. The summed E-state index contributed by atoms with van der Waals surface area (Å²) < 4.78 is 20.1. The molecule has 1 unspecified atom stereocenters. The van der Waals surface area contributed by atoms with Gasteiger partial charge in [-0.15, -0.1) is 12.4 Å². The van der Waals surface area contributed by atoms with E-state index in [2.05, 4.69) is 23.8 Å². The number of aromatic nitrogens is 1. The van der Waals surface area contributed by atoms with Gasteiger partial charge in [0.15, 0.2) is 0 Å². The van der Waals surface area contributed by atoms with Gasteiger partial charge in [0.25, 0.3) is 0 Å². The molecule has 1 aliphatic rings. The van der Waals surface area contributed by atoms with Crippen LogP contribution in [0.15, 0.2) is 41.5 Å². The van der Waals surface area contributed by atoms with Gasteiger partial charge in [0.1, 0.15) is 23.8 Å². The fourth-order valence-corrected chi connectivity index (χ4v) is 3.64. The predicted octanol–water partition coefficient (Wildman–Crippen LogP) is 4.88. The zero-order valence-electron chi connectivity index (χ0n) is 16.3. The van der Waals surface area contributed by atoms with Crippen LogP contribution in [0.1, 0.15) is 43.5 Å². The number of hydrogen-bond acceptors (Lipinski definition) is 4. The Bertz CT molecular complexity index is 842. The van der Waals surface area contributed by atoms with Crippen molar-refractivity contribution in [3.05, 3.63) is 64.2 Å². The van der Waals surface area contributed by atoms with E-state index in [1.54, 1.807) is 6.20 Å². The van der Waals surface area contributed by atoms with Crippen molar-refractivity contribution in [3.8, 4) is 0 Å². The number of hydrogen-bond donors (Lipinski definition) is 1. The molecule has 1 aromatic heterocycles. The molecule has 0 saturated carbocycles. The van der Waals surface area contributed by atoms with Crippen molar-refractivity contribution in [2.75, 3.05) is 13.2 Å². The lowest BCUT2D eigenvalue weighted by Gasteiger charge is -2.31. The highest BCUT2D eigenvalue weighted by molar-refractivity contribution is 6.30. The molecule has 0 fully saturated rings. The lowest BCUT2D eigenvalue weighted by atomic mass is 9.84. The molecule has 0 spiro atoms. The van der Waals surface area contributed by atoms with Crippen LogP contribution >= 0.6 is 24.0 Å². The number of aliphatic imine (C=N–C) groups is 1. The zero-order chi connectivity index (χ0) is 19.6. The van der Waals surface area contributed by atoms with Crippen molar-refractivity contribution in [3.63, 3.8) is 0 Å². The van der Waals surface area contributed by atoms with Crippen molar-refractivity contribution in [1.29, 1.82) is 0 Å². The first kappa shape index (κ1) is 22.6. The molecular formula is C21H26Cl2FN3O. The number of nitrogens with zero attached hydrogens (tertiary/aromatic N) is 2. The largest absolute Gasteiger partial charge is 0.386 e. The minimum absolute atomic E-state index is 0. The van der Waals surface area contributed by atoms with Crippen LogP contribution in [0, 0.1) is 11.7 Å². The summed E-state index contributed by atoms with van der Waals surface area (Å²) >= 11 is 5.97. The third kappa shape index (κ3) is 5.02. The predicted molar refractivity (Wildman–Crippen MR) is 114 cm³/mol. The van der Waals surface area contributed by atoms with Crippen molar-refractivity contribution in [2.45, 2.75) is 38.6 Å². The minimum atomic E-state index is -0.811. The average molecular weight is 426 g/mol. The van der Waals surface area contributed by atoms with Gasteiger partial charge in [-0.3, -0.25) is 9.98 Å². The number of amidine groups is 1. The highest BCUT2D eigenvalue weighted by Gasteiger charge is 2.33. The number of pyridine rings is 1. The maximum Gasteiger partial charge on any atom is 0.128 e. The highest BCUT2D eigenvalue weighted by atomic mass is 35.5. The molecule has 0 radical (unpaired) electrons. The first-order chi connectivity index (χ1) is 12.8. The Morgan fingerprint density at radius 3 is 2.64 bits per heavy atom. The summed E-state index contributed by atoms with van der Waals surface area (Å²) in [5.41, 5.74) is 7.54. The van der Waals surface area contributed by atoms with E-state index >= 15 is 0 Å². The molecule has 0 saturated heterocycles. The van der Waals surface area contributed by atoms with Crippen molar-refractivity contribution in [2.24, 2.45) is 16.6 Å². The van der Waals surface area contributed by atoms with Crippen LogP contribution in [0.2, 0.25) is 5.02 Å². The van der Waals surface area contributed by atoms with E-state index in [1.165, 1.54) is 6.07 Å². The Hall–Kier alpha value is -1.69. The number of benzene rings is 1. The van der Waals surface area contributed by atoms with Gasteiger partial charge in [0.2, 0.25) is 0 Å². The van der Waals surface area contributed by atoms with Gasteiger partial charge in [0.05, 0.1) is 11.6 Å². The Morgan fingerprint density at radius 2 is 2.04 bits per heavy atom. The maximum absolute atomic E-state index is 14.6. The van der Waals surface area contributed by atoms with Crippen LogP contribution in [0.25, 0.3) is 0 Å². The molecule has 1 aliphatic heterocycles. The summed E-state index contributed by atoms with van der Waals surface area (Å²) in [6, 6.07) is 9.02. The number of ether oxygens (including phenoxy) is 1. The molecule has 2 heterocycles. The molecule has 0 aliphatic carbocycles. The normalized spacial score (nSPS) is 20.4. The average Bonchev–Trinajstić information content (AvgIpc) is 2.61. The number of rotatable bonds is 5. The van der Waals surface area contributed by atoms with Gasteiger partial charge in [-0.1, -0.05) is 37.6 Å². The van der Waals surface area contributed by atoms with E-state index in [-0.39, 0.29) is 30.7 Å². The zero-order valence-corrected chi connectivity index (χ0v) is 17.9. The fourth-order valence-electron chi connectivity index (χ4n) is 3.53. The lowest BCUT2D eigenvalue weighted by Crippen LogP contribution is -2.38. The quantitative estimate of drug-likeness (QED) is 0.741. The first-order valence-electron chi connectivity index (χ1n) is 9.11. The lowest BCUT2D eigenvalue weighted by molar-refractivity contribution is 0.104. The molecule has 2 atom stereocenters. The van der Waals surface area contributed by atoms with Crippen LogP contribution in [-0.2, 0) is 16.7 Å². The van der Waals surface area contributed by atoms with E-state index in [0.717, 1.165) is 17.7 Å². The summed E-state index contributed by atoms with van der Waals surface area (Å²) in [7, 11) is 0. The van der Waals surface area contributed by atoms with Gasteiger partial charge in [-0.05, 0) is 43.0 Å². The van der Waals surface area contributed by atoms with Crippen LogP contribution < -0.4 is 5.73 Å². The van der Waals surface area contributed by atoms with E-state index < -0.39 is 5.54 Å². The number of nitrogens with two attached hydrogens (primary N) is 1.